The van der Waals surface area contributed by atoms with Crippen molar-refractivity contribution in [2.45, 2.75) is 56.7 Å². The summed E-state index contributed by atoms with van der Waals surface area (Å²) in [5.74, 6) is -2.46. The van der Waals surface area contributed by atoms with E-state index in [2.05, 4.69) is 9.46 Å². The second-order valence-electron chi connectivity index (χ2n) is 5.29. The first-order chi connectivity index (χ1) is 9.83. The van der Waals surface area contributed by atoms with Gasteiger partial charge >= 0.3 is 11.9 Å². The maximum atomic E-state index is 12.4. The number of esters is 1. The van der Waals surface area contributed by atoms with Gasteiger partial charge in [0, 0.05) is 0 Å². The molecule has 0 aromatic carbocycles. The molecule has 0 aromatic rings. The lowest BCUT2D eigenvalue weighted by Crippen LogP contribution is -2.47. The highest BCUT2D eigenvalue weighted by Crippen LogP contribution is 2.32. The molecule has 0 aliphatic heterocycles. The van der Waals surface area contributed by atoms with Crippen molar-refractivity contribution in [3.63, 3.8) is 0 Å². The highest BCUT2D eigenvalue weighted by molar-refractivity contribution is 7.90. The molecule has 1 aliphatic carbocycles. The molecule has 0 aromatic heterocycles. The number of rotatable bonds is 8. The molecule has 2 N–H and O–H groups in total. The van der Waals surface area contributed by atoms with Crippen molar-refractivity contribution in [1.29, 1.82) is 0 Å². The molecule has 0 amide bonds. The lowest BCUT2D eigenvalue weighted by Gasteiger charge is -2.21. The molecule has 3 atom stereocenters. The maximum absolute atomic E-state index is 12.4. The van der Waals surface area contributed by atoms with Crippen molar-refractivity contribution in [2.75, 3.05) is 7.11 Å². The number of carboxylic acids is 1. The molecule has 1 rings (SSSR count). The van der Waals surface area contributed by atoms with Gasteiger partial charge in [0.05, 0.1) is 18.3 Å². The van der Waals surface area contributed by atoms with Crippen molar-refractivity contribution < 1.29 is 27.9 Å². The Balaban J connectivity index is 2.83. The highest BCUT2D eigenvalue weighted by atomic mass is 32.2. The highest BCUT2D eigenvalue weighted by Gasteiger charge is 2.43. The number of carbonyl (C=O) groups excluding carboxylic acids is 1. The Labute approximate surface area is 125 Å². The molecule has 21 heavy (non-hydrogen) atoms. The number of carbonyl (C=O) groups is 2. The fourth-order valence-corrected chi connectivity index (χ4v) is 4.59. The van der Waals surface area contributed by atoms with Crippen molar-refractivity contribution in [3.05, 3.63) is 0 Å². The maximum Gasteiger partial charge on any atom is 0.321 e. The van der Waals surface area contributed by atoms with Crippen LogP contribution in [0.4, 0.5) is 0 Å². The van der Waals surface area contributed by atoms with Crippen LogP contribution < -0.4 is 4.72 Å². The minimum atomic E-state index is -3.87. The van der Waals surface area contributed by atoms with E-state index in [4.69, 9.17) is 5.11 Å². The summed E-state index contributed by atoms with van der Waals surface area (Å²) >= 11 is 0. The second kappa shape index (κ2) is 7.74. The molecule has 1 aliphatic rings. The topological polar surface area (TPSA) is 110 Å². The van der Waals surface area contributed by atoms with Gasteiger partial charge < -0.3 is 9.84 Å². The molecular formula is C13H23NO6S. The van der Waals surface area contributed by atoms with Gasteiger partial charge in [-0.3, -0.25) is 9.59 Å². The van der Waals surface area contributed by atoms with Gasteiger partial charge in [0.15, 0.2) is 0 Å². The molecule has 2 unspecified atom stereocenters. The summed E-state index contributed by atoms with van der Waals surface area (Å²) in [4.78, 5) is 22.8. The number of ether oxygens (including phenoxy) is 1. The summed E-state index contributed by atoms with van der Waals surface area (Å²) in [5, 5.41) is 8.20. The molecule has 0 heterocycles. The molecule has 1 fully saturated rings. The number of hydrogen-bond acceptors (Lipinski definition) is 5. The molecule has 122 valence electrons. The Kier molecular flexibility index (Phi) is 6.60. The Hall–Kier alpha value is -1.15. The third kappa shape index (κ3) is 4.67. The largest absolute Gasteiger partial charge is 0.480 e. The van der Waals surface area contributed by atoms with E-state index >= 15 is 0 Å². The Bertz CT molecular complexity index is 475. The first-order valence-electron chi connectivity index (χ1n) is 7.15. The number of unbranched alkanes of at least 4 members (excludes halogenated alkanes) is 1. The summed E-state index contributed by atoms with van der Waals surface area (Å²) in [7, 11) is -2.65. The summed E-state index contributed by atoms with van der Waals surface area (Å²) < 4.78 is 31.6. The fraction of sp³-hybridized carbons (Fsp3) is 0.846. The third-order valence-electron chi connectivity index (χ3n) is 3.81. The van der Waals surface area contributed by atoms with Crippen molar-refractivity contribution >= 4 is 22.0 Å². The van der Waals surface area contributed by atoms with Gasteiger partial charge in [-0.15, -0.1) is 0 Å². The standard InChI is InChI=1S/C13H23NO6S/c1-3-4-7-10(12(15)16)14-21(18,19)11-8-5-6-9(11)13(17)20-2/h9-11,14H,3-8H2,1-2H3,(H,15,16)/t9?,10-,11?/m0/s1. The molecule has 0 bridgehead atoms. The van der Waals surface area contributed by atoms with Crippen LogP contribution >= 0.6 is 0 Å². The predicted octanol–water partition coefficient (Wildman–Crippen LogP) is 0.891. The summed E-state index contributed by atoms with van der Waals surface area (Å²) in [6.07, 6.45) is 3.03. The Morgan fingerprint density at radius 2 is 2.05 bits per heavy atom. The number of carboxylic acid groups (broad SMARTS) is 1. The van der Waals surface area contributed by atoms with Gasteiger partial charge in [-0.2, -0.15) is 0 Å². The van der Waals surface area contributed by atoms with E-state index in [-0.39, 0.29) is 6.42 Å². The van der Waals surface area contributed by atoms with Gasteiger partial charge in [-0.1, -0.05) is 26.2 Å². The number of sulfonamides is 1. The first kappa shape index (κ1) is 17.9. The van der Waals surface area contributed by atoms with Crippen molar-refractivity contribution in [2.24, 2.45) is 5.92 Å². The van der Waals surface area contributed by atoms with Crippen LogP contribution in [0.15, 0.2) is 0 Å². The monoisotopic (exact) mass is 321 g/mol. The average Bonchev–Trinajstić information content (AvgIpc) is 2.92. The van der Waals surface area contributed by atoms with Crippen LogP contribution in [-0.4, -0.2) is 43.9 Å². The summed E-state index contributed by atoms with van der Waals surface area (Å²) in [5.41, 5.74) is 0. The van der Waals surface area contributed by atoms with Gasteiger partial charge in [0.2, 0.25) is 10.0 Å². The van der Waals surface area contributed by atoms with Crippen LogP contribution in [0, 0.1) is 5.92 Å². The summed E-state index contributed by atoms with van der Waals surface area (Å²) in [6, 6.07) is -1.14. The molecule has 0 saturated heterocycles. The van der Waals surface area contributed by atoms with Gasteiger partial charge in [-0.25, -0.2) is 13.1 Å². The number of methoxy groups -OCH3 is 1. The normalized spacial score (nSPS) is 23.7. The predicted molar refractivity (Wildman–Crippen MR) is 76.1 cm³/mol. The van der Waals surface area contributed by atoms with Crippen LogP contribution in [0.2, 0.25) is 0 Å². The Morgan fingerprint density at radius 1 is 1.38 bits per heavy atom. The van der Waals surface area contributed by atoms with Gasteiger partial charge in [0.25, 0.3) is 0 Å². The molecular weight excluding hydrogens is 298 g/mol. The summed E-state index contributed by atoms with van der Waals surface area (Å²) in [6.45, 7) is 1.90. The van der Waals surface area contributed by atoms with E-state index in [1.807, 2.05) is 6.92 Å². The van der Waals surface area contributed by atoms with Gasteiger partial charge in [-0.05, 0) is 19.3 Å². The molecule has 0 spiro atoms. The van der Waals surface area contributed by atoms with Crippen molar-refractivity contribution in [1.82, 2.24) is 4.72 Å². The quantitative estimate of drug-likeness (QED) is 0.643. The molecule has 7 nitrogen and oxygen atoms in total. The van der Waals surface area contributed by atoms with Gasteiger partial charge in [0.1, 0.15) is 6.04 Å². The van der Waals surface area contributed by atoms with E-state index in [1.165, 1.54) is 7.11 Å². The van der Waals surface area contributed by atoms with E-state index in [9.17, 15) is 18.0 Å². The smallest absolute Gasteiger partial charge is 0.321 e. The first-order valence-corrected chi connectivity index (χ1v) is 8.69. The minimum absolute atomic E-state index is 0.237. The van der Waals surface area contributed by atoms with E-state index in [1.54, 1.807) is 0 Å². The Morgan fingerprint density at radius 3 is 2.57 bits per heavy atom. The second-order valence-corrected chi connectivity index (χ2v) is 7.23. The zero-order valence-electron chi connectivity index (χ0n) is 12.4. The van der Waals surface area contributed by atoms with Crippen LogP contribution in [-0.2, 0) is 24.3 Å². The number of aliphatic carboxylic acids is 1. The minimum Gasteiger partial charge on any atom is -0.480 e. The van der Waals surface area contributed by atoms with Crippen LogP contribution in [0.3, 0.4) is 0 Å². The van der Waals surface area contributed by atoms with Crippen LogP contribution in [0.1, 0.15) is 45.4 Å². The fourth-order valence-electron chi connectivity index (χ4n) is 2.65. The zero-order chi connectivity index (χ0) is 16.0. The van der Waals surface area contributed by atoms with Crippen LogP contribution in [0.25, 0.3) is 0 Å². The lowest BCUT2D eigenvalue weighted by atomic mass is 10.1. The van der Waals surface area contributed by atoms with Crippen LogP contribution in [0.5, 0.6) is 0 Å². The molecule has 1 saturated carbocycles. The average molecular weight is 321 g/mol. The third-order valence-corrected chi connectivity index (χ3v) is 5.78. The van der Waals surface area contributed by atoms with E-state index in [0.29, 0.717) is 25.7 Å². The van der Waals surface area contributed by atoms with Crippen molar-refractivity contribution in [3.8, 4) is 0 Å². The lowest BCUT2D eigenvalue weighted by molar-refractivity contribution is -0.145. The number of hydrogen-bond donors (Lipinski definition) is 2. The molecule has 0 radical (unpaired) electrons. The van der Waals surface area contributed by atoms with E-state index in [0.717, 1.165) is 6.42 Å². The SMILES string of the molecule is CCCC[C@H](NS(=O)(=O)C1CCCC1C(=O)OC)C(=O)O. The number of nitrogens with one attached hydrogen (secondary N) is 1. The molecule has 8 heteroatoms. The zero-order valence-corrected chi connectivity index (χ0v) is 13.2. The van der Waals surface area contributed by atoms with E-state index < -0.39 is 39.2 Å².